The van der Waals surface area contributed by atoms with Crippen LogP contribution < -0.4 is 5.32 Å². The first-order chi connectivity index (χ1) is 9.68. The fraction of sp³-hybridized carbons (Fsp3) is 0.462. The Bertz CT molecular complexity index is 490. The first kappa shape index (κ1) is 14.8. The zero-order valence-corrected chi connectivity index (χ0v) is 11.9. The average Bonchev–Trinajstić information content (AvgIpc) is 2.48. The van der Waals surface area contributed by atoms with Crippen LogP contribution >= 0.6 is 11.8 Å². The number of benzene rings is 1. The van der Waals surface area contributed by atoms with Crippen molar-refractivity contribution in [1.29, 1.82) is 0 Å². The third-order valence-electron chi connectivity index (χ3n) is 3.11. The Labute approximate surface area is 121 Å². The Morgan fingerprint density at radius 1 is 1.35 bits per heavy atom. The Hall–Kier alpha value is -1.60. The normalized spacial score (nSPS) is 15.1. The van der Waals surface area contributed by atoms with Crippen molar-refractivity contribution >= 4 is 23.4 Å². The molecule has 0 aliphatic carbocycles. The smallest absolute Gasteiger partial charge is 0.282 e. The van der Waals surface area contributed by atoms with E-state index in [1.54, 1.807) is 18.2 Å². The standard InChI is InChI=1S/C13H17N3O3S/c17-13(15-8-6-14-7-9-15)5-10-20-12-4-2-1-3-11(12)16(18)19/h1-4,14H,5-10H2. The molecule has 0 aromatic heterocycles. The molecule has 1 aliphatic rings. The molecule has 0 radical (unpaired) electrons. The van der Waals surface area contributed by atoms with Crippen molar-refractivity contribution in [3.63, 3.8) is 0 Å². The number of carbonyl (C=O) groups excluding carboxylic acids is 1. The molecule has 1 N–H and O–H groups in total. The summed E-state index contributed by atoms with van der Waals surface area (Å²) in [6.07, 6.45) is 0.413. The third kappa shape index (κ3) is 3.94. The van der Waals surface area contributed by atoms with Gasteiger partial charge in [0.15, 0.2) is 0 Å². The van der Waals surface area contributed by atoms with E-state index in [0.717, 1.165) is 26.2 Å². The van der Waals surface area contributed by atoms with E-state index in [1.165, 1.54) is 17.8 Å². The van der Waals surface area contributed by atoms with Gasteiger partial charge in [0, 0.05) is 44.4 Å². The maximum absolute atomic E-state index is 12.0. The zero-order valence-electron chi connectivity index (χ0n) is 11.1. The second-order valence-electron chi connectivity index (χ2n) is 4.45. The third-order valence-corrected chi connectivity index (χ3v) is 4.17. The summed E-state index contributed by atoms with van der Waals surface area (Å²) in [5.74, 6) is 0.686. The quantitative estimate of drug-likeness (QED) is 0.506. The lowest BCUT2D eigenvalue weighted by Gasteiger charge is -2.27. The highest BCUT2D eigenvalue weighted by Crippen LogP contribution is 2.29. The maximum Gasteiger partial charge on any atom is 0.282 e. The van der Waals surface area contributed by atoms with Gasteiger partial charge in [0.05, 0.1) is 9.82 Å². The highest BCUT2D eigenvalue weighted by Gasteiger charge is 2.17. The first-order valence-corrected chi connectivity index (χ1v) is 7.52. The van der Waals surface area contributed by atoms with E-state index in [4.69, 9.17) is 0 Å². The molecule has 1 fully saturated rings. The van der Waals surface area contributed by atoms with Gasteiger partial charge >= 0.3 is 0 Å². The molecule has 0 atom stereocenters. The Morgan fingerprint density at radius 3 is 2.75 bits per heavy atom. The molecule has 1 aliphatic heterocycles. The molecule has 1 aromatic carbocycles. The van der Waals surface area contributed by atoms with Crippen LogP contribution in [0.1, 0.15) is 6.42 Å². The second-order valence-corrected chi connectivity index (χ2v) is 5.59. The van der Waals surface area contributed by atoms with Crippen LogP contribution in [0.15, 0.2) is 29.2 Å². The highest BCUT2D eigenvalue weighted by atomic mass is 32.2. The number of carbonyl (C=O) groups is 1. The van der Waals surface area contributed by atoms with E-state index in [9.17, 15) is 14.9 Å². The Balaban J connectivity index is 1.83. The van der Waals surface area contributed by atoms with Crippen molar-refractivity contribution in [2.45, 2.75) is 11.3 Å². The van der Waals surface area contributed by atoms with Gasteiger partial charge < -0.3 is 10.2 Å². The fourth-order valence-corrected chi connectivity index (χ4v) is 3.01. The summed E-state index contributed by atoms with van der Waals surface area (Å²) in [4.78, 5) is 24.9. The number of nitro groups is 1. The van der Waals surface area contributed by atoms with Crippen LogP contribution in [0.4, 0.5) is 5.69 Å². The molecule has 1 aromatic rings. The summed E-state index contributed by atoms with van der Waals surface area (Å²) in [5.41, 5.74) is 0.104. The first-order valence-electron chi connectivity index (χ1n) is 6.53. The molecular formula is C13H17N3O3S. The summed E-state index contributed by atoms with van der Waals surface area (Å²) in [6, 6.07) is 6.63. The second kappa shape index (κ2) is 7.25. The zero-order chi connectivity index (χ0) is 14.4. The van der Waals surface area contributed by atoms with Gasteiger partial charge in [-0.2, -0.15) is 0 Å². The van der Waals surface area contributed by atoms with Crippen molar-refractivity contribution in [3.05, 3.63) is 34.4 Å². The van der Waals surface area contributed by atoms with Crippen LogP contribution in [0, 0.1) is 10.1 Å². The summed E-state index contributed by atoms with van der Waals surface area (Å²) >= 11 is 1.36. The molecule has 2 rings (SSSR count). The minimum Gasteiger partial charge on any atom is -0.340 e. The number of rotatable bonds is 5. The fourth-order valence-electron chi connectivity index (χ4n) is 2.05. The topological polar surface area (TPSA) is 75.5 Å². The van der Waals surface area contributed by atoms with Gasteiger partial charge in [-0.15, -0.1) is 11.8 Å². The number of nitrogens with one attached hydrogen (secondary N) is 1. The van der Waals surface area contributed by atoms with Gasteiger partial charge in [-0.25, -0.2) is 0 Å². The lowest BCUT2D eigenvalue weighted by atomic mass is 10.3. The summed E-state index contributed by atoms with van der Waals surface area (Å²) < 4.78 is 0. The Kier molecular flexibility index (Phi) is 5.37. The summed E-state index contributed by atoms with van der Waals surface area (Å²) in [7, 11) is 0. The van der Waals surface area contributed by atoms with Gasteiger partial charge in [-0.05, 0) is 6.07 Å². The van der Waals surface area contributed by atoms with Crippen LogP contribution in [0.2, 0.25) is 0 Å². The van der Waals surface area contributed by atoms with E-state index in [1.807, 2.05) is 4.90 Å². The van der Waals surface area contributed by atoms with E-state index in [-0.39, 0.29) is 16.5 Å². The van der Waals surface area contributed by atoms with Crippen LogP contribution in [-0.4, -0.2) is 47.7 Å². The molecule has 0 saturated carbocycles. The number of amides is 1. The SMILES string of the molecule is O=C(CCSc1ccccc1[N+](=O)[O-])N1CCNCC1. The number of thioether (sulfide) groups is 1. The predicted molar refractivity (Wildman–Crippen MR) is 77.9 cm³/mol. The van der Waals surface area contributed by atoms with Crippen molar-refractivity contribution in [3.8, 4) is 0 Å². The maximum atomic E-state index is 12.0. The molecular weight excluding hydrogens is 278 g/mol. The average molecular weight is 295 g/mol. The van der Waals surface area contributed by atoms with E-state index < -0.39 is 0 Å². The molecule has 0 spiro atoms. The molecule has 20 heavy (non-hydrogen) atoms. The summed E-state index contributed by atoms with van der Waals surface area (Å²) in [6.45, 7) is 3.16. The van der Waals surface area contributed by atoms with Crippen LogP contribution in [0.5, 0.6) is 0 Å². The van der Waals surface area contributed by atoms with Crippen LogP contribution in [0.25, 0.3) is 0 Å². The largest absolute Gasteiger partial charge is 0.340 e. The van der Waals surface area contributed by atoms with Crippen molar-refractivity contribution in [2.24, 2.45) is 0 Å². The van der Waals surface area contributed by atoms with Gasteiger partial charge in [-0.1, -0.05) is 12.1 Å². The molecule has 0 unspecified atom stereocenters. The van der Waals surface area contributed by atoms with Gasteiger partial charge in [0.2, 0.25) is 5.91 Å². The Morgan fingerprint density at radius 2 is 2.05 bits per heavy atom. The molecule has 1 saturated heterocycles. The van der Waals surface area contributed by atoms with Gasteiger partial charge in [0.1, 0.15) is 0 Å². The van der Waals surface area contributed by atoms with E-state index in [0.29, 0.717) is 17.1 Å². The minimum absolute atomic E-state index is 0.104. The highest BCUT2D eigenvalue weighted by molar-refractivity contribution is 7.99. The number of hydrogen-bond acceptors (Lipinski definition) is 5. The van der Waals surface area contributed by atoms with Crippen molar-refractivity contribution in [2.75, 3.05) is 31.9 Å². The van der Waals surface area contributed by atoms with Gasteiger partial charge in [0.25, 0.3) is 5.69 Å². The summed E-state index contributed by atoms with van der Waals surface area (Å²) in [5, 5.41) is 14.1. The van der Waals surface area contributed by atoms with Crippen LogP contribution in [-0.2, 0) is 4.79 Å². The molecule has 1 heterocycles. The number of nitrogens with zero attached hydrogens (tertiary/aromatic N) is 2. The molecule has 108 valence electrons. The number of piperazine rings is 1. The number of nitro benzene ring substituents is 1. The van der Waals surface area contributed by atoms with Crippen molar-refractivity contribution in [1.82, 2.24) is 10.2 Å². The monoisotopic (exact) mass is 295 g/mol. The van der Waals surface area contributed by atoms with Gasteiger partial charge in [-0.3, -0.25) is 14.9 Å². The molecule has 7 heteroatoms. The minimum atomic E-state index is -0.388. The van der Waals surface area contributed by atoms with Crippen molar-refractivity contribution < 1.29 is 9.72 Å². The lowest BCUT2D eigenvalue weighted by molar-refractivity contribution is -0.387. The van der Waals surface area contributed by atoms with Crippen LogP contribution in [0.3, 0.4) is 0 Å². The molecule has 1 amide bonds. The lowest BCUT2D eigenvalue weighted by Crippen LogP contribution is -2.46. The van der Waals surface area contributed by atoms with E-state index in [2.05, 4.69) is 5.32 Å². The van der Waals surface area contributed by atoms with E-state index >= 15 is 0 Å². The molecule has 0 bridgehead atoms. The number of para-hydroxylation sites is 1. The molecule has 6 nitrogen and oxygen atoms in total. The predicted octanol–water partition coefficient (Wildman–Crippen LogP) is 1.51. The number of hydrogen-bond donors (Lipinski definition) is 1.